The van der Waals surface area contributed by atoms with Crippen molar-refractivity contribution in [1.82, 2.24) is 14.5 Å². The first-order valence-corrected chi connectivity index (χ1v) is 15.4. The summed E-state index contributed by atoms with van der Waals surface area (Å²) in [6.45, 7) is 19.5. The molecule has 3 aromatic rings. The Hall–Kier alpha value is -4.34. The van der Waals surface area contributed by atoms with E-state index >= 15 is 0 Å². The summed E-state index contributed by atoms with van der Waals surface area (Å²) >= 11 is 0. The van der Waals surface area contributed by atoms with E-state index in [-0.39, 0.29) is 6.09 Å². The Kier molecular flexibility index (Phi) is 9.37. The summed E-state index contributed by atoms with van der Waals surface area (Å²) in [5, 5.41) is 3.62. The van der Waals surface area contributed by atoms with Crippen LogP contribution in [0.1, 0.15) is 86.8 Å². The van der Waals surface area contributed by atoms with Gasteiger partial charge in [0.15, 0.2) is 0 Å². The van der Waals surface area contributed by atoms with Crippen molar-refractivity contribution in [2.45, 2.75) is 98.9 Å². The average Bonchev–Trinajstić information content (AvgIpc) is 3.24. The highest BCUT2D eigenvalue weighted by atomic mass is 16.6. The lowest BCUT2D eigenvalue weighted by Crippen LogP contribution is -2.39. The van der Waals surface area contributed by atoms with E-state index in [2.05, 4.69) is 22.4 Å². The second-order valence-electron chi connectivity index (χ2n) is 14.2. The zero-order valence-corrected chi connectivity index (χ0v) is 28.2. The molecule has 0 saturated heterocycles. The molecule has 0 fully saturated rings. The first kappa shape index (κ1) is 33.6. The fourth-order valence-corrected chi connectivity index (χ4v) is 5.19. The van der Waals surface area contributed by atoms with E-state index < -0.39 is 29.0 Å². The maximum Gasteiger partial charge on any atom is 0.419 e. The van der Waals surface area contributed by atoms with Crippen molar-refractivity contribution in [3.05, 3.63) is 53.7 Å². The Labute approximate surface area is 265 Å². The Balaban J connectivity index is 1.78. The highest BCUT2D eigenvalue weighted by Crippen LogP contribution is 2.38. The number of rotatable bonds is 4. The number of aromatic nitrogens is 2. The lowest BCUT2D eigenvalue weighted by atomic mass is 9.96. The summed E-state index contributed by atoms with van der Waals surface area (Å²) in [6.07, 6.45) is 3.52. The summed E-state index contributed by atoms with van der Waals surface area (Å²) in [5.74, 6) is 0.299. The topological polar surface area (TPSA) is 112 Å². The van der Waals surface area contributed by atoms with Gasteiger partial charge < -0.3 is 19.1 Å². The van der Waals surface area contributed by atoms with Gasteiger partial charge in [0, 0.05) is 30.2 Å². The molecule has 1 aromatic carbocycles. The molecule has 10 heteroatoms. The molecule has 0 radical (unpaired) electrons. The van der Waals surface area contributed by atoms with Crippen LogP contribution in [-0.2, 0) is 20.6 Å². The van der Waals surface area contributed by atoms with Crippen LogP contribution in [0.4, 0.5) is 20.2 Å². The molecule has 0 unspecified atom stereocenters. The lowest BCUT2D eigenvalue weighted by molar-refractivity contribution is 0.0270. The molecule has 2 amide bonds. The lowest BCUT2D eigenvalue weighted by Gasteiger charge is -2.29. The van der Waals surface area contributed by atoms with E-state index in [9.17, 15) is 14.4 Å². The number of carbonyl (C=O) groups is 3. The molecule has 0 atom stereocenters. The number of hydrogen-bond acceptors (Lipinski definition) is 7. The summed E-state index contributed by atoms with van der Waals surface area (Å²) in [6, 6.07) is 9.59. The average molecular weight is 619 g/mol. The number of ether oxygens (including phenoxy) is 3. The molecule has 45 heavy (non-hydrogen) atoms. The predicted molar refractivity (Wildman–Crippen MR) is 176 cm³/mol. The van der Waals surface area contributed by atoms with Crippen molar-refractivity contribution < 1.29 is 28.6 Å². The Morgan fingerprint density at radius 2 is 1.49 bits per heavy atom. The van der Waals surface area contributed by atoms with E-state index in [1.165, 1.54) is 0 Å². The smallest absolute Gasteiger partial charge is 0.419 e. The molecule has 0 bridgehead atoms. The minimum atomic E-state index is -0.716. The predicted octanol–water partition coefficient (Wildman–Crippen LogP) is 8.42. The van der Waals surface area contributed by atoms with Gasteiger partial charge in [-0.05, 0) is 116 Å². The van der Waals surface area contributed by atoms with Crippen molar-refractivity contribution >= 4 is 40.6 Å². The normalized spacial score (nSPS) is 14.2. The van der Waals surface area contributed by atoms with Crippen LogP contribution in [0.25, 0.3) is 27.7 Å². The van der Waals surface area contributed by atoms with Gasteiger partial charge >= 0.3 is 18.3 Å². The molecule has 0 spiro atoms. The molecule has 1 aliphatic rings. The van der Waals surface area contributed by atoms with Gasteiger partial charge in [0.2, 0.25) is 0 Å². The van der Waals surface area contributed by atoms with Gasteiger partial charge in [0.1, 0.15) is 22.6 Å². The summed E-state index contributed by atoms with van der Waals surface area (Å²) in [5.41, 5.74) is 3.25. The molecule has 2 aromatic heterocycles. The maximum absolute atomic E-state index is 13.8. The van der Waals surface area contributed by atoms with E-state index in [4.69, 9.17) is 14.2 Å². The molecule has 1 N–H and O–H groups in total. The second-order valence-corrected chi connectivity index (χ2v) is 14.2. The van der Waals surface area contributed by atoms with Gasteiger partial charge in [-0.2, -0.15) is 0 Å². The molecule has 242 valence electrons. The number of nitrogens with zero attached hydrogens (tertiary/aromatic N) is 3. The van der Waals surface area contributed by atoms with E-state index in [1.54, 1.807) is 42.5 Å². The van der Waals surface area contributed by atoms with Crippen LogP contribution in [0.5, 0.6) is 0 Å². The zero-order valence-electron chi connectivity index (χ0n) is 28.2. The van der Waals surface area contributed by atoms with Gasteiger partial charge in [-0.1, -0.05) is 19.1 Å². The molecule has 1 aliphatic heterocycles. The quantitative estimate of drug-likeness (QED) is 0.292. The molecular weight excluding hydrogens is 572 g/mol. The fraction of sp³-hybridized carbons (Fsp3) is 0.486. The van der Waals surface area contributed by atoms with Crippen molar-refractivity contribution in [1.29, 1.82) is 0 Å². The first-order chi connectivity index (χ1) is 20.8. The SMILES string of the molecule is CCc1c(-c2ccnc(NC(=O)OC(C)(C)C)c2)n(C(=O)OC(C)(C)C)c2ccc(C3=CCN(C(=O)OC(C)(C)C)CC3)cc12. The van der Waals surface area contributed by atoms with Gasteiger partial charge in [0.05, 0.1) is 11.2 Å². The number of hydrogen-bond donors (Lipinski definition) is 1. The highest BCUT2D eigenvalue weighted by molar-refractivity contribution is 6.01. The monoisotopic (exact) mass is 618 g/mol. The Morgan fingerprint density at radius 1 is 0.844 bits per heavy atom. The number of benzene rings is 1. The van der Waals surface area contributed by atoms with Gasteiger partial charge in [-0.3, -0.25) is 5.32 Å². The van der Waals surface area contributed by atoms with Crippen molar-refractivity contribution in [2.24, 2.45) is 0 Å². The summed E-state index contributed by atoms with van der Waals surface area (Å²) in [7, 11) is 0. The maximum atomic E-state index is 13.8. The van der Waals surface area contributed by atoms with E-state index in [0.29, 0.717) is 48.5 Å². The highest BCUT2D eigenvalue weighted by Gasteiger charge is 2.28. The third kappa shape index (κ3) is 8.44. The Morgan fingerprint density at radius 3 is 2.07 bits per heavy atom. The van der Waals surface area contributed by atoms with Gasteiger partial charge in [0.25, 0.3) is 0 Å². The number of amides is 2. The van der Waals surface area contributed by atoms with Crippen molar-refractivity contribution in [3.63, 3.8) is 0 Å². The first-order valence-electron chi connectivity index (χ1n) is 15.4. The minimum Gasteiger partial charge on any atom is -0.444 e. The molecule has 10 nitrogen and oxygen atoms in total. The number of pyridine rings is 1. The summed E-state index contributed by atoms with van der Waals surface area (Å²) < 4.78 is 18.4. The fourth-order valence-electron chi connectivity index (χ4n) is 5.19. The van der Waals surface area contributed by atoms with Crippen LogP contribution < -0.4 is 5.32 Å². The molecule has 0 saturated carbocycles. The third-order valence-corrected chi connectivity index (χ3v) is 6.90. The van der Waals surface area contributed by atoms with Crippen LogP contribution in [0.3, 0.4) is 0 Å². The van der Waals surface area contributed by atoms with Crippen LogP contribution in [0, 0.1) is 0 Å². The zero-order chi connectivity index (χ0) is 33.3. The standard InChI is InChI=1S/C35H46N4O6/c1-11-25-26-20-23(22-15-18-38(19-16-22)31(41)44-34(5,6)7)12-13-27(26)39(32(42)45-35(8,9)10)29(25)24-14-17-36-28(21-24)37-30(40)43-33(2,3)4/h12-15,17,20-21H,11,16,18-19H2,1-10H3,(H,36,37,40). The van der Waals surface area contributed by atoms with Crippen LogP contribution in [-0.4, -0.2) is 62.6 Å². The second kappa shape index (κ2) is 12.6. The number of anilines is 1. The van der Waals surface area contributed by atoms with Crippen LogP contribution >= 0.6 is 0 Å². The Bertz CT molecular complexity index is 1630. The van der Waals surface area contributed by atoms with E-state index in [1.807, 2.05) is 66.7 Å². The summed E-state index contributed by atoms with van der Waals surface area (Å²) in [4.78, 5) is 44.9. The number of carbonyl (C=O) groups excluding carboxylic acids is 3. The molecule has 4 rings (SSSR count). The van der Waals surface area contributed by atoms with Crippen molar-refractivity contribution in [2.75, 3.05) is 18.4 Å². The number of fused-ring (bicyclic) bond motifs is 1. The van der Waals surface area contributed by atoms with Gasteiger partial charge in [-0.15, -0.1) is 0 Å². The largest absolute Gasteiger partial charge is 0.444 e. The minimum absolute atomic E-state index is 0.299. The van der Waals surface area contributed by atoms with Crippen LogP contribution in [0.2, 0.25) is 0 Å². The van der Waals surface area contributed by atoms with Crippen LogP contribution in [0.15, 0.2) is 42.6 Å². The van der Waals surface area contributed by atoms with Crippen molar-refractivity contribution in [3.8, 4) is 11.3 Å². The molecule has 0 aliphatic carbocycles. The molecular formula is C35H46N4O6. The number of nitrogens with one attached hydrogen (secondary N) is 1. The van der Waals surface area contributed by atoms with E-state index in [0.717, 1.165) is 22.1 Å². The molecule has 3 heterocycles. The van der Waals surface area contributed by atoms with Gasteiger partial charge in [-0.25, -0.2) is 23.9 Å². The third-order valence-electron chi connectivity index (χ3n) is 6.90. The number of aryl methyl sites for hydroxylation is 1.